The second-order valence-electron chi connectivity index (χ2n) is 7.60. The number of hydrogen-bond donors (Lipinski definition) is 2. The van der Waals surface area contributed by atoms with E-state index in [1.165, 1.54) is 0 Å². The molecular weight excluding hydrogens is 468 g/mol. The molecule has 9 heteroatoms. The van der Waals surface area contributed by atoms with Gasteiger partial charge in [0.2, 0.25) is 5.91 Å². The third kappa shape index (κ3) is 5.73. The molecule has 0 aliphatic heterocycles. The van der Waals surface area contributed by atoms with Crippen LogP contribution in [-0.4, -0.2) is 33.8 Å². The van der Waals surface area contributed by atoms with E-state index in [2.05, 4.69) is 15.6 Å². The predicted octanol–water partition coefficient (Wildman–Crippen LogP) is 4.23. The number of thiophene rings is 1. The number of aromatic nitrogens is 2. The molecule has 4 aromatic rings. The maximum Gasteiger partial charge on any atom is 0.321 e. The van der Waals surface area contributed by atoms with Gasteiger partial charge < -0.3 is 5.32 Å². The molecular formula is C25H24N4O3S2. The summed E-state index contributed by atoms with van der Waals surface area (Å²) >= 11 is 2.75. The molecule has 2 N–H and O–H groups in total. The smallest absolute Gasteiger partial charge is 0.321 e. The van der Waals surface area contributed by atoms with Crippen molar-refractivity contribution in [1.82, 2.24) is 20.2 Å². The zero-order chi connectivity index (χ0) is 23.9. The van der Waals surface area contributed by atoms with Crippen molar-refractivity contribution in [2.24, 2.45) is 0 Å². The van der Waals surface area contributed by atoms with E-state index < -0.39 is 11.9 Å². The standard InChI is InChI=1S/C25H24N4O3S2/c1-17(18-8-3-2-4-9-18)29-23(31)20-11-5-6-12-21(20)27-25(29)34-16-22(30)28-24(32)26-14-13-19-10-7-15-33-19/h2-12,15,17H,13-14,16H2,1H3,(H2,26,28,30,32). The van der Waals surface area contributed by atoms with E-state index in [9.17, 15) is 14.4 Å². The summed E-state index contributed by atoms with van der Waals surface area (Å²) in [6.07, 6.45) is 0.707. The van der Waals surface area contributed by atoms with Crippen molar-refractivity contribution in [1.29, 1.82) is 0 Å². The van der Waals surface area contributed by atoms with Crippen LogP contribution < -0.4 is 16.2 Å². The van der Waals surface area contributed by atoms with Crippen LogP contribution in [0.3, 0.4) is 0 Å². The number of para-hydroxylation sites is 1. The number of hydrogen-bond acceptors (Lipinski definition) is 6. The molecule has 1 atom stereocenters. The number of amides is 3. The SMILES string of the molecule is CC(c1ccccc1)n1c(SCC(=O)NC(=O)NCCc2cccs2)nc2ccccc2c1=O. The van der Waals surface area contributed by atoms with Gasteiger partial charge in [-0.25, -0.2) is 9.78 Å². The molecule has 0 bridgehead atoms. The van der Waals surface area contributed by atoms with Crippen LogP contribution in [0.2, 0.25) is 0 Å². The number of thioether (sulfide) groups is 1. The lowest BCUT2D eigenvalue weighted by Crippen LogP contribution is -2.41. The van der Waals surface area contributed by atoms with Crippen LogP contribution in [0.4, 0.5) is 4.79 Å². The quantitative estimate of drug-likeness (QED) is 0.284. The highest BCUT2D eigenvalue weighted by Gasteiger charge is 2.19. The summed E-state index contributed by atoms with van der Waals surface area (Å²) in [6.45, 7) is 2.37. The lowest BCUT2D eigenvalue weighted by molar-refractivity contribution is -0.117. The normalized spacial score (nSPS) is 11.8. The number of benzene rings is 2. The van der Waals surface area contributed by atoms with Crippen molar-refractivity contribution in [2.75, 3.05) is 12.3 Å². The van der Waals surface area contributed by atoms with Crippen LogP contribution in [-0.2, 0) is 11.2 Å². The zero-order valence-electron chi connectivity index (χ0n) is 18.6. The minimum Gasteiger partial charge on any atom is -0.337 e. The van der Waals surface area contributed by atoms with Gasteiger partial charge in [-0.3, -0.25) is 19.5 Å². The van der Waals surface area contributed by atoms with E-state index in [1.54, 1.807) is 34.1 Å². The Hall–Kier alpha value is -3.43. The summed E-state index contributed by atoms with van der Waals surface area (Å²) in [5.74, 6) is -0.509. The molecule has 7 nitrogen and oxygen atoms in total. The molecule has 2 heterocycles. The number of nitrogens with zero attached hydrogens (tertiary/aromatic N) is 2. The van der Waals surface area contributed by atoms with Crippen LogP contribution in [0, 0.1) is 0 Å². The van der Waals surface area contributed by atoms with Gasteiger partial charge in [-0.05, 0) is 42.5 Å². The fraction of sp³-hybridized carbons (Fsp3) is 0.200. The van der Waals surface area contributed by atoms with Gasteiger partial charge in [0, 0.05) is 11.4 Å². The molecule has 0 spiro atoms. The molecule has 34 heavy (non-hydrogen) atoms. The van der Waals surface area contributed by atoms with E-state index in [4.69, 9.17) is 0 Å². The Kier molecular flexibility index (Phi) is 7.76. The summed E-state index contributed by atoms with van der Waals surface area (Å²) in [7, 11) is 0. The van der Waals surface area contributed by atoms with Gasteiger partial charge in [0.1, 0.15) is 0 Å². The third-order valence-corrected chi connectivity index (χ3v) is 7.16. The summed E-state index contributed by atoms with van der Waals surface area (Å²) in [6, 6.07) is 20.0. The zero-order valence-corrected chi connectivity index (χ0v) is 20.2. The number of urea groups is 1. The Morgan fingerprint density at radius 1 is 1.06 bits per heavy atom. The Bertz CT molecular complexity index is 1340. The number of carbonyl (C=O) groups excluding carboxylic acids is 2. The molecule has 0 fully saturated rings. The lowest BCUT2D eigenvalue weighted by Gasteiger charge is -2.20. The van der Waals surface area contributed by atoms with E-state index in [1.807, 2.05) is 60.8 Å². The van der Waals surface area contributed by atoms with E-state index >= 15 is 0 Å². The Morgan fingerprint density at radius 3 is 2.59 bits per heavy atom. The number of fused-ring (bicyclic) bond motifs is 1. The van der Waals surface area contributed by atoms with Gasteiger partial charge >= 0.3 is 6.03 Å². The van der Waals surface area contributed by atoms with Gasteiger partial charge in [-0.1, -0.05) is 60.3 Å². The minimum atomic E-state index is -0.538. The highest BCUT2D eigenvalue weighted by Crippen LogP contribution is 2.24. The van der Waals surface area contributed by atoms with Crippen LogP contribution in [0.5, 0.6) is 0 Å². The first-order chi connectivity index (χ1) is 16.5. The fourth-order valence-corrected chi connectivity index (χ4v) is 5.12. The molecule has 0 saturated heterocycles. The summed E-state index contributed by atoms with van der Waals surface area (Å²) < 4.78 is 1.61. The monoisotopic (exact) mass is 492 g/mol. The highest BCUT2D eigenvalue weighted by atomic mass is 32.2. The minimum absolute atomic E-state index is 0.0510. The summed E-state index contributed by atoms with van der Waals surface area (Å²) in [5.41, 5.74) is 1.35. The largest absolute Gasteiger partial charge is 0.337 e. The second-order valence-corrected chi connectivity index (χ2v) is 9.57. The first-order valence-corrected chi connectivity index (χ1v) is 12.7. The molecule has 0 aliphatic rings. The molecule has 2 aromatic carbocycles. The maximum atomic E-state index is 13.3. The second kappa shape index (κ2) is 11.1. The molecule has 4 rings (SSSR count). The van der Waals surface area contributed by atoms with Gasteiger partial charge in [0.05, 0.1) is 22.7 Å². The Labute approximate surface area is 205 Å². The Morgan fingerprint density at radius 2 is 1.82 bits per heavy atom. The van der Waals surface area contributed by atoms with E-state index in [-0.39, 0.29) is 17.4 Å². The lowest BCUT2D eigenvalue weighted by atomic mass is 10.1. The van der Waals surface area contributed by atoms with E-state index in [0.717, 1.165) is 22.2 Å². The number of nitrogens with one attached hydrogen (secondary N) is 2. The molecule has 0 aliphatic carbocycles. The molecule has 0 saturated carbocycles. The van der Waals surface area contributed by atoms with Crippen molar-refractivity contribution in [3.05, 3.63) is 92.9 Å². The van der Waals surface area contributed by atoms with Crippen LogP contribution in [0.1, 0.15) is 23.4 Å². The average molecular weight is 493 g/mol. The molecule has 3 amide bonds. The molecule has 0 radical (unpaired) electrons. The van der Waals surface area contributed by atoms with Crippen molar-refractivity contribution < 1.29 is 9.59 Å². The molecule has 1 unspecified atom stereocenters. The van der Waals surface area contributed by atoms with Crippen LogP contribution >= 0.6 is 23.1 Å². The Balaban J connectivity index is 1.46. The predicted molar refractivity (Wildman–Crippen MR) is 137 cm³/mol. The van der Waals surface area contributed by atoms with Gasteiger partial charge in [0.15, 0.2) is 5.16 Å². The van der Waals surface area contributed by atoms with Crippen molar-refractivity contribution in [3.8, 4) is 0 Å². The first kappa shape index (κ1) is 23.7. The fourth-order valence-electron chi connectivity index (χ4n) is 3.54. The topological polar surface area (TPSA) is 93.1 Å². The molecule has 2 aromatic heterocycles. The number of carbonyl (C=O) groups is 2. The van der Waals surface area contributed by atoms with Crippen LogP contribution in [0.25, 0.3) is 10.9 Å². The van der Waals surface area contributed by atoms with E-state index in [0.29, 0.717) is 29.0 Å². The van der Waals surface area contributed by atoms with Crippen molar-refractivity contribution in [2.45, 2.75) is 24.5 Å². The maximum absolute atomic E-state index is 13.3. The van der Waals surface area contributed by atoms with Gasteiger partial charge in [-0.15, -0.1) is 11.3 Å². The summed E-state index contributed by atoms with van der Waals surface area (Å²) in [4.78, 5) is 43.6. The molecule has 174 valence electrons. The summed E-state index contributed by atoms with van der Waals surface area (Å²) in [5, 5.41) is 7.95. The van der Waals surface area contributed by atoms with Crippen LogP contribution in [0.15, 0.2) is 82.1 Å². The van der Waals surface area contributed by atoms with Crippen molar-refractivity contribution in [3.63, 3.8) is 0 Å². The van der Waals surface area contributed by atoms with Crippen molar-refractivity contribution >= 4 is 45.9 Å². The number of imide groups is 1. The first-order valence-electron chi connectivity index (χ1n) is 10.8. The highest BCUT2D eigenvalue weighted by molar-refractivity contribution is 7.99. The average Bonchev–Trinajstić information content (AvgIpc) is 3.36. The van der Waals surface area contributed by atoms with Gasteiger partial charge in [-0.2, -0.15) is 0 Å². The van der Waals surface area contributed by atoms with Gasteiger partial charge in [0.25, 0.3) is 5.56 Å². The number of rotatable bonds is 8. The third-order valence-electron chi connectivity index (χ3n) is 5.27.